The van der Waals surface area contributed by atoms with Gasteiger partial charge in [-0.3, -0.25) is 4.98 Å². The molecular weight excluding hydrogens is 255 g/mol. The number of para-hydroxylation sites is 1. The second kappa shape index (κ2) is 6.01. The summed E-state index contributed by atoms with van der Waals surface area (Å²) in [6.07, 6.45) is 5.33. The number of aromatic nitrogens is 1. The smallest absolute Gasteiger partial charge is 0.141 e. The summed E-state index contributed by atoms with van der Waals surface area (Å²) < 4.78 is 18.8. The minimum atomic E-state index is -0.338. The third kappa shape index (κ3) is 3.54. The van der Waals surface area contributed by atoms with Gasteiger partial charge in [-0.15, -0.1) is 0 Å². The van der Waals surface area contributed by atoms with Crippen LogP contribution in [0.4, 0.5) is 4.39 Å². The summed E-state index contributed by atoms with van der Waals surface area (Å²) in [7, 11) is 0. The second-order valence-electron chi connectivity index (χ2n) is 5.06. The summed E-state index contributed by atoms with van der Waals surface area (Å²) in [4.78, 5) is 3.82. The van der Waals surface area contributed by atoms with Crippen molar-refractivity contribution in [1.82, 2.24) is 10.3 Å². The van der Waals surface area contributed by atoms with Crippen LogP contribution in [0.25, 0.3) is 0 Å². The molecule has 104 valence electrons. The van der Waals surface area contributed by atoms with Crippen LogP contribution >= 0.6 is 0 Å². The maximum atomic E-state index is 13.1. The van der Waals surface area contributed by atoms with Crippen LogP contribution in [-0.4, -0.2) is 11.0 Å². The Kier molecular flexibility index (Phi) is 3.92. The summed E-state index contributed by atoms with van der Waals surface area (Å²) in [5.74, 6) is 0.500. The number of nitrogens with zero attached hydrogens (tertiary/aromatic N) is 1. The highest BCUT2D eigenvalue weighted by atomic mass is 19.1. The van der Waals surface area contributed by atoms with Gasteiger partial charge < -0.3 is 10.1 Å². The van der Waals surface area contributed by atoms with E-state index < -0.39 is 0 Å². The first-order valence-corrected chi connectivity index (χ1v) is 6.85. The lowest BCUT2D eigenvalue weighted by Gasteiger charge is -2.12. The van der Waals surface area contributed by atoms with Crippen molar-refractivity contribution in [2.45, 2.75) is 32.0 Å². The fourth-order valence-corrected chi connectivity index (χ4v) is 2.03. The SMILES string of the molecule is Fc1cncc(COc2ccccc2CNC2CC2)c1. The molecule has 0 saturated heterocycles. The van der Waals surface area contributed by atoms with E-state index in [-0.39, 0.29) is 5.82 Å². The topological polar surface area (TPSA) is 34.1 Å². The first-order chi connectivity index (χ1) is 9.81. The summed E-state index contributed by atoms with van der Waals surface area (Å²) in [6.45, 7) is 1.13. The van der Waals surface area contributed by atoms with E-state index in [1.165, 1.54) is 25.1 Å². The van der Waals surface area contributed by atoms with Gasteiger partial charge in [-0.25, -0.2) is 4.39 Å². The lowest BCUT2D eigenvalue weighted by Crippen LogP contribution is -2.16. The van der Waals surface area contributed by atoms with Crippen molar-refractivity contribution in [1.29, 1.82) is 0 Å². The van der Waals surface area contributed by atoms with Gasteiger partial charge in [0.1, 0.15) is 18.2 Å². The van der Waals surface area contributed by atoms with E-state index in [4.69, 9.17) is 4.74 Å². The highest BCUT2D eigenvalue weighted by Crippen LogP contribution is 2.23. The number of hydrogen-bond acceptors (Lipinski definition) is 3. The minimum Gasteiger partial charge on any atom is -0.489 e. The quantitative estimate of drug-likeness (QED) is 0.877. The molecule has 1 aliphatic carbocycles. The molecule has 0 atom stereocenters. The number of halogens is 1. The van der Waals surface area contributed by atoms with Gasteiger partial charge in [-0.2, -0.15) is 0 Å². The zero-order valence-corrected chi connectivity index (χ0v) is 11.2. The summed E-state index contributed by atoms with van der Waals surface area (Å²) in [5, 5.41) is 3.47. The molecule has 0 aliphatic heterocycles. The number of pyridine rings is 1. The molecule has 3 rings (SSSR count). The summed E-state index contributed by atoms with van der Waals surface area (Å²) >= 11 is 0. The van der Waals surface area contributed by atoms with Gasteiger partial charge >= 0.3 is 0 Å². The van der Waals surface area contributed by atoms with Gasteiger partial charge in [0, 0.05) is 29.9 Å². The van der Waals surface area contributed by atoms with Gasteiger partial charge in [0.25, 0.3) is 0 Å². The average Bonchev–Trinajstić information content (AvgIpc) is 3.28. The molecule has 0 unspecified atom stereocenters. The van der Waals surface area contributed by atoms with E-state index in [0.717, 1.165) is 23.4 Å². The molecule has 2 aromatic rings. The Morgan fingerprint density at radius 1 is 1.25 bits per heavy atom. The maximum absolute atomic E-state index is 13.1. The van der Waals surface area contributed by atoms with E-state index in [2.05, 4.69) is 16.4 Å². The Labute approximate surface area is 117 Å². The first kappa shape index (κ1) is 13.1. The molecule has 1 aliphatic rings. The first-order valence-electron chi connectivity index (χ1n) is 6.85. The van der Waals surface area contributed by atoms with Crippen LogP contribution < -0.4 is 10.1 Å². The van der Waals surface area contributed by atoms with Crippen molar-refractivity contribution in [3.8, 4) is 5.75 Å². The van der Waals surface area contributed by atoms with Crippen molar-refractivity contribution >= 4 is 0 Å². The monoisotopic (exact) mass is 272 g/mol. The Morgan fingerprint density at radius 2 is 2.10 bits per heavy atom. The molecule has 20 heavy (non-hydrogen) atoms. The largest absolute Gasteiger partial charge is 0.489 e. The van der Waals surface area contributed by atoms with Crippen molar-refractivity contribution < 1.29 is 9.13 Å². The zero-order valence-electron chi connectivity index (χ0n) is 11.2. The lowest BCUT2D eigenvalue weighted by atomic mass is 10.2. The molecule has 1 aromatic carbocycles. The van der Waals surface area contributed by atoms with Crippen molar-refractivity contribution in [2.75, 3.05) is 0 Å². The van der Waals surface area contributed by atoms with Crippen LogP contribution in [0.15, 0.2) is 42.7 Å². The molecule has 1 N–H and O–H groups in total. The number of benzene rings is 1. The van der Waals surface area contributed by atoms with E-state index in [9.17, 15) is 4.39 Å². The van der Waals surface area contributed by atoms with Crippen LogP contribution in [0.2, 0.25) is 0 Å². The number of nitrogens with one attached hydrogen (secondary N) is 1. The predicted octanol–water partition coefficient (Wildman–Crippen LogP) is 3.05. The third-order valence-corrected chi connectivity index (χ3v) is 3.29. The second-order valence-corrected chi connectivity index (χ2v) is 5.06. The minimum absolute atomic E-state index is 0.325. The van der Waals surface area contributed by atoms with Crippen molar-refractivity contribution in [2.24, 2.45) is 0 Å². The van der Waals surface area contributed by atoms with Gasteiger partial charge in [-0.1, -0.05) is 18.2 Å². The van der Waals surface area contributed by atoms with E-state index in [1.54, 1.807) is 6.20 Å². The van der Waals surface area contributed by atoms with Gasteiger partial charge in [-0.05, 0) is 25.0 Å². The van der Waals surface area contributed by atoms with Crippen LogP contribution in [0, 0.1) is 5.82 Å². The van der Waals surface area contributed by atoms with E-state index >= 15 is 0 Å². The van der Waals surface area contributed by atoms with Crippen molar-refractivity contribution in [3.05, 3.63) is 59.7 Å². The molecule has 0 spiro atoms. The van der Waals surface area contributed by atoms with Crippen LogP contribution in [0.3, 0.4) is 0 Å². The zero-order chi connectivity index (χ0) is 13.8. The predicted molar refractivity (Wildman–Crippen MR) is 74.8 cm³/mol. The molecule has 1 heterocycles. The van der Waals surface area contributed by atoms with Gasteiger partial charge in [0.05, 0.1) is 6.20 Å². The Bertz CT molecular complexity index is 584. The Morgan fingerprint density at radius 3 is 2.90 bits per heavy atom. The molecule has 3 nitrogen and oxygen atoms in total. The van der Waals surface area contributed by atoms with Crippen LogP contribution in [-0.2, 0) is 13.2 Å². The Hall–Kier alpha value is -1.94. The molecule has 1 saturated carbocycles. The molecule has 1 aromatic heterocycles. The fraction of sp³-hybridized carbons (Fsp3) is 0.312. The Balaban J connectivity index is 1.63. The maximum Gasteiger partial charge on any atom is 0.141 e. The molecule has 0 bridgehead atoms. The van der Waals surface area contributed by atoms with Gasteiger partial charge in [0.15, 0.2) is 0 Å². The van der Waals surface area contributed by atoms with Crippen LogP contribution in [0.1, 0.15) is 24.0 Å². The molecule has 1 fully saturated rings. The third-order valence-electron chi connectivity index (χ3n) is 3.29. The molecule has 0 amide bonds. The summed E-state index contributed by atoms with van der Waals surface area (Å²) in [5.41, 5.74) is 1.86. The molecular formula is C16H17FN2O. The van der Waals surface area contributed by atoms with E-state index in [1.807, 2.05) is 18.2 Å². The normalized spacial score (nSPS) is 14.2. The molecule has 4 heteroatoms. The average molecular weight is 272 g/mol. The highest BCUT2D eigenvalue weighted by molar-refractivity contribution is 5.33. The molecule has 0 radical (unpaired) electrons. The van der Waals surface area contributed by atoms with Gasteiger partial charge in [0.2, 0.25) is 0 Å². The standard InChI is InChI=1S/C16H17FN2O/c17-14-7-12(8-18-10-14)11-20-16-4-2-1-3-13(16)9-19-15-5-6-15/h1-4,7-8,10,15,19H,5-6,9,11H2. The number of ether oxygens (including phenoxy) is 1. The van der Waals surface area contributed by atoms with Crippen LogP contribution in [0.5, 0.6) is 5.75 Å². The van der Waals surface area contributed by atoms with E-state index in [0.29, 0.717) is 12.6 Å². The summed E-state index contributed by atoms with van der Waals surface area (Å²) in [6, 6.07) is 10.0. The number of hydrogen-bond donors (Lipinski definition) is 1. The fourth-order valence-electron chi connectivity index (χ4n) is 2.03. The lowest BCUT2D eigenvalue weighted by molar-refractivity contribution is 0.301. The van der Waals surface area contributed by atoms with Crippen molar-refractivity contribution in [3.63, 3.8) is 0 Å². The number of rotatable bonds is 6. The highest BCUT2D eigenvalue weighted by Gasteiger charge is 2.20.